The van der Waals surface area contributed by atoms with E-state index in [1.165, 1.54) is 28.4 Å². The number of fused-ring (bicyclic) bond motifs is 1. The lowest BCUT2D eigenvalue weighted by Gasteiger charge is -2.27. The number of pyridine rings is 1. The fourth-order valence-electron chi connectivity index (χ4n) is 4.36. The quantitative estimate of drug-likeness (QED) is 0.345. The summed E-state index contributed by atoms with van der Waals surface area (Å²) in [5, 5.41) is 12.1. The van der Waals surface area contributed by atoms with Crippen molar-refractivity contribution in [3.05, 3.63) is 70.9 Å². The van der Waals surface area contributed by atoms with Crippen LogP contribution in [-0.4, -0.2) is 53.2 Å². The van der Waals surface area contributed by atoms with Crippen LogP contribution >= 0.6 is 11.7 Å². The molecule has 0 saturated carbocycles. The van der Waals surface area contributed by atoms with Crippen molar-refractivity contribution in [2.45, 2.75) is 12.2 Å². The van der Waals surface area contributed by atoms with Gasteiger partial charge in [-0.2, -0.15) is 8.75 Å². The van der Waals surface area contributed by atoms with E-state index in [1.54, 1.807) is 48.7 Å². The van der Waals surface area contributed by atoms with Crippen molar-refractivity contribution in [2.75, 3.05) is 28.4 Å². The first-order valence-electron chi connectivity index (χ1n) is 11.1. The molecule has 2 aromatic heterocycles. The second kappa shape index (κ2) is 9.68. The van der Waals surface area contributed by atoms with Crippen molar-refractivity contribution in [1.82, 2.24) is 13.7 Å². The van der Waals surface area contributed by atoms with Gasteiger partial charge < -0.3 is 28.8 Å². The summed E-state index contributed by atoms with van der Waals surface area (Å²) in [5.74, 6) is -1.48. The highest BCUT2D eigenvalue weighted by Gasteiger charge is 2.49. The van der Waals surface area contributed by atoms with Crippen LogP contribution in [0.25, 0.3) is 16.6 Å². The minimum atomic E-state index is -2.13. The third-order valence-corrected chi connectivity index (χ3v) is 6.70. The third kappa shape index (κ3) is 4.21. The van der Waals surface area contributed by atoms with Crippen molar-refractivity contribution < 1.29 is 33.6 Å². The number of methoxy groups -OCH3 is 4. The predicted molar refractivity (Wildman–Crippen MR) is 135 cm³/mol. The summed E-state index contributed by atoms with van der Waals surface area (Å²) < 4.78 is 35.9. The molecule has 1 aliphatic rings. The van der Waals surface area contributed by atoms with Gasteiger partial charge in [-0.1, -0.05) is 6.07 Å². The molecule has 0 fully saturated rings. The number of nitrogens with zero attached hydrogens (tertiary/aromatic N) is 3. The first-order chi connectivity index (χ1) is 17.9. The summed E-state index contributed by atoms with van der Waals surface area (Å²) in [6, 6.07) is 11.9. The van der Waals surface area contributed by atoms with Crippen molar-refractivity contribution in [3.63, 3.8) is 0 Å². The maximum atomic E-state index is 13.4. The second-order valence-corrected chi connectivity index (χ2v) is 8.68. The minimum absolute atomic E-state index is 0.153. The van der Waals surface area contributed by atoms with E-state index in [-0.39, 0.29) is 17.6 Å². The van der Waals surface area contributed by atoms with Crippen molar-refractivity contribution in [1.29, 1.82) is 0 Å². The average Bonchev–Trinajstić information content (AvgIpc) is 3.49. The first kappa shape index (κ1) is 24.5. The van der Waals surface area contributed by atoms with Gasteiger partial charge in [0.1, 0.15) is 11.0 Å². The molecule has 2 aromatic carbocycles. The Morgan fingerprint density at radius 2 is 1.65 bits per heavy atom. The Labute approximate surface area is 216 Å². The van der Waals surface area contributed by atoms with Gasteiger partial charge in [0.05, 0.1) is 45.7 Å². The van der Waals surface area contributed by atoms with E-state index in [9.17, 15) is 9.90 Å². The summed E-state index contributed by atoms with van der Waals surface area (Å²) in [5.41, 5.74) is 3.42. The van der Waals surface area contributed by atoms with E-state index >= 15 is 0 Å². The van der Waals surface area contributed by atoms with Crippen molar-refractivity contribution in [3.8, 4) is 23.1 Å². The molecule has 0 spiro atoms. The Hall–Kier alpha value is -4.22. The summed E-state index contributed by atoms with van der Waals surface area (Å²) in [7, 11) is 5.93. The zero-order chi connectivity index (χ0) is 26.2. The molecule has 11 heteroatoms. The normalized spacial score (nSPS) is 17.2. The largest absolute Gasteiger partial charge is 0.493 e. The zero-order valence-electron chi connectivity index (χ0n) is 20.5. The molecule has 5 rings (SSSR count). The number of rotatable bonds is 8. The molecule has 3 heterocycles. The lowest BCUT2D eigenvalue weighted by atomic mass is 9.88. The van der Waals surface area contributed by atoms with Crippen LogP contribution in [-0.2, 0) is 21.7 Å². The van der Waals surface area contributed by atoms with E-state index in [0.717, 1.165) is 17.3 Å². The van der Waals surface area contributed by atoms with Crippen LogP contribution in [0.1, 0.15) is 16.7 Å². The van der Waals surface area contributed by atoms with Gasteiger partial charge in [0.25, 0.3) is 5.79 Å². The molecule has 1 N–H and O–H groups in total. The molecule has 1 atom stereocenters. The molecule has 4 aromatic rings. The number of carbonyl (C=O) groups is 1. The number of benzene rings is 2. The van der Waals surface area contributed by atoms with Crippen LogP contribution in [0.3, 0.4) is 0 Å². The summed E-state index contributed by atoms with van der Waals surface area (Å²) in [4.78, 5) is 17.5. The monoisotopic (exact) mass is 521 g/mol. The minimum Gasteiger partial charge on any atom is -0.493 e. The molecule has 190 valence electrons. The lowest BCUT2D eigenvalue weighted by molar-refractivity contribution is -0.185. The van der Waals surface area contributed by atoms with Gasteiger partial charge in [-0.25, -0.2) is 9.78 Å². The number of cyclic esters (lactones) is 1. The Kier molecular flexibility index (Phi) is 6.40. The molecule has 0 bridgehead atoms. The Morgan fingerprint density at radius 1 is 0.919 bits per heavy atom. The van der Waals surface area contributed by atoms with E-state index in [2.05, 4.69) is 13.7 Å². The van der Waals surface area contributed by atoms with Crippen LogP contribution in [0.4, 0.5) is 0 Å². The molecule has 0 radical (unpaired) electrons. The number of ether oxygens (including phenoxy) is 5. The fourth-order valence-corrected chi connectivity index (χ4v) is 4.88. The predicted octanol–water partition coefficient (Wildman–Crippen LogP) is 3.52. The molecular formula is C26H23N3O7S. The summed E-state index contributed by atoms with van der Waals surface area (Å²) in [6.07, 6.45) is 1.75. The topological polar surface area (TPSA) is 122 Å². The number of hydrogen-bond acceptors (Lipinski definition) is 11. The smallest absolute Gasteiger partial charge is 0.342 e. The van der Waals surface area contributed by atoms with Crippen LogP contribution in [0.5, 0.6) is 23.1 Å². The van der Waals surface area contributed by atoms with Gasteiger partial charge in [-0.3, -0.25) is 0 Å². The summed E-state index contributed by atoms with van der Waals surface area (Å²) in [6.45, 7) is 0. The molecule has 10 nitrogen and oxygen atoms in total. The Balaban J connectivity index is 1.74. The van der Waals surface area contributed by atoms with Gasteiger partial charge in [-0.15, -0.1) is 0 Å². The maximum Gasteiger partial charge on any atom is 0.342 e. The lowest BCUT2D eigenvalue weighted by Crippen LogP contribution is -2.30. The fraction of sp³-hybridized carbons (Fsp3) is 0.231. The molecular weight excluding hydrogens is 498 g/mol. The van der Waals surface area contributed by atoms with E-state index in [0.29, 0.717) is 45.3 Å². The first-order valence-corrected chi connectivity index (χ1v) is 11.9. The van der Waals surface area contributed by atoms with Gasteiger partial charge in [0, 0.05) is 29.8 Å². The van der Waals surface area contributed by atoms with Crippen LogP contribution in [0.15, 0.2) is 54.2 Å². The van der Waals surface area contributed by atoms with Gasteiger partial charge in [0.15, 0.2) is 11.5 Å². The van der Waals surface area contributed by atoms with Crippen LogP contribution < -0.4 is 18.9 Å². The van der Waals surface area contributed by atoms with Gasteiger partial charge >= 0.3 is 5.97 Å². The third-order valence-electron chi connectivity index (χ3n) is 6.14. The number of esters is 1. The number of carbonyl (C=O) groups excluding carboxylic acids is 1. The van der Waals surface area contributed by atoms with E-state index in [1.807, 2.05) is 0 Å². The Morgan fingerprint density at radius 3 is 2.32 bits per heavy atom. The molecule has 0 saturated heterocycles. The SMILES string of the molecule is COc1cc(CC2=C(c3ccc4nsnc4c3)C(=O)OC2(O)c2cc(OC)c(OC)c(OC)c2)ccn1. The van der Waals surface area contributed by atoms with Gasteiger partial charge in [0.2, 0.25) is 11.6 Å². The molecule has 37 heavy (non-hydrogen) atoms. The highest BCUT2D eigenvalue weighted by Crippen LogP contribution is 2.49. The maximum absolute atomic E-state index is 13.4. The van der Waals surface area contributed by atoms with Crippen LogP contribution in [0, 0.1) is 0 Å². The van der Waals surface area contributed by atoms with Gasteiger partial charge in [-0.05, 0) is 41.5 Å². The molecule has 0 amide bonds. The molecule has 1 unspecified atom stereocenters. The van der Waals surface area contributed by atoms with Crippen LogP contribution in [0.2, 0.25) is 0 Å². The van der Waals surface area contributed by atoms with E-state index in [4.69, 9.17) is 23.7 Å². The highest BCUT2D eigenvalue weighted by atomic mass is 32.1. The number of aliphatic hydroxyl groups is 1. The number of aromatic nitrogens is 3. The van der Waals surface area contributed by atoms with Crippen molar-refractivity contribution in [2.24, 2.45) is 0 Å². The summed E-state index contributed by atoms with van der Waals surface area (Å²) >= 11 is 1.08. The van der Waals surface area contributed by atoms with Crippen molar-refractivity contribution >= 4 is 34.3 Å². The number of hydrogen-bond donors (Lipinski definition) is 1. The second-order valence-electron chi connectivity index (χ2n) is 8.15. The Bertz CT molecular complexity index is 1510. The standard InChI is InChI=1S/C26H23N3O7S/c1-32-20-12-16(13-21(33-2)24(20)35-4)26(31)17(9-14-7-8-27-22(10-14)34-3)23(25(30)36-26)15-5-6-18-19(11-15)29-37-28-18/h5-8,10-13,31H,9H2,1-4H3. The molecule has 1 aliphatic heterocycles. The average molecular weight is 522 g/mol. The molecule has 0 aliphatic carbocycles. The highest BCUT2D eigenvalue weighted by molar-refractivity contribution is 7.00. The van der Waals surface area contributed by atoms with E-state index < -0.39 is 11.8 Å². The zero-order valence-corrected chi connectivity index (χ0v) is 21.3.